The first kappa shape index (κ1) is 10.3. The summed E-state index contributed by atoms with van der Waals surface area (Å²) < 4.78 is 0.745. The molecule has 13 heavy (non-hydrogen) atoms. The molecule has 0 aliphatic rings. The van der Waals surface area contributed by atoms with Gasteiger partial charge in [0.05, 0.1) is 4.92 Å². The Bertz CT molecular complexity index is 349. The van der Waals surface area contributed by atoms with Crippen LogP contribution in [0.3, 0.4) is 0 Å². The minimum absolute atomic E-state index is 0.00898. The second-order valence-corrected chi connectivity index (χ2v) is 4.00. The number of nitrogens with zero attached hydrogens (tertiary/aromatic N) is 1. The van der Waals surface area contributed by atoms with E-state index < -0.39 is 4.92 Å². The first-order chi connectivity index (χ1) is 6.00. The molecule has 0 aliphatic heterocycles. The van der Waals surface area contributed by atoms with Crippen LogP contribution in [0.5, 0.6) is 0 Å². The zero-order valence-corrected chi connectivity index (χ0v) is 9.33. The topological polar surface area (TPSA) is 69.2 Å². The number of rotatable bonds is 2. The number of hydrogen-bond donors (Lipinski definition) is 1. The Hall–Kier alpha value is -0.760. The van der Waals surface area contributed by atoms with Crippen molar-refractivity contribution in [2.75, 3.05) is 0 Å². The largest absolute Gasteiger partial charge is 0.389 e. The number of hydrogen-bond acceptors (Lipinski definition) is 3. The van der Waals surface area contributed by atoms with Crippen molar-refractivity contribution >= 4 is 45.5 Å². The lowest BCUT2D eigenvalue weighted by atomic mass is 10.2. The van der Waals surface area contributed by atoms with Crippen LogP contribution in [0.4, 0.5) is 5.69 Å². The number of halogens is 1. The molecule has 0 fully saturated rings. The maximum absolute atomic E-state index is 10.4. The van der Waals surface area contributed by atoms with E-state index >= 15 is 0 Å². The van der Waals surface area contributed by atoms with Crippen molar-refractivity contribution in [3.63, 3.8) is 0 Å². The van der Waals surface area contributed by atoms with Crippen LogP contribution in [0.15, 0.2) is 18.2 Å². The molecule has 0 bridgehead atoms. The van der Waals surface area contributed by atoms with Crippen molar-refractivity contribution in [1.29, 1.82) is 0 Å². The molecule has 68 valence electrons. The lowest BCUT2D eigenvalue weighted by Gasteiger charge is -1.99. The molecule has 4 nitrogen and oxygen atoms in total. The third kappa shape index (κ3) is 2.59. The highest BCUT2D eigenvalue weighted by Gasteiger charge is 2.09. The van der Waals surface area contributed by atoms with E-state index in [1.165, 1.54) is 12.1 Å². The van der Waals surface area contributed by atoms with E-state index in [2.05, 4.69) is 0 Å². The summed E-state index contributed by atoms with van der Waals surface area (Å²) in [6.07, 6.45) is 0. The molecule has 0 saturated carbocycles. The Morgan fingerprint density at radius 3 is 2.62 bits per heavy atom. The molecule has 0 saturated heterocycles. The summed E-state index contributed by atoms with van der Waals surface area (Å²) >= 11 is 6.70. The standard InChI is InChI=1S/C7H5IN2O2S/c8-5-1-4(7(9)13)2-6(3-5)10(11)12/h1-3H,(H2,9,13). The molecular formula is C7H5IN2O2S. The molecular weight excluding hydrogens is 303 g/mol. The maximum atomic E-state index is 10.4. The van der Waals surface area contributed by atoms with Crippen molar-refractivity contribution in [2.24, 2.45) is 5.73 Å². The minimum atomic E-state index is -0.468. The third-order valence-electron chi connectivity index (χ3n) is 1.38. The molecule has 0 atom stereocenters. The van der Waals surface area contributed by atoms with Crippen LogP contribution in [0.25, 0.3) is 0 Å². The molecule has 0 aliphatic carbocycles. The molecule has 2 N–H and O–H groups in total. The van der Waals surface area contributed by atoms with Gasteiger partial charge in [-0.25, -0.2) is 0 Å². The number of thiocarbonyl (C=S) groups is 1. The Balaban J connectivity index is 3.26. The Labute approximate surface area is 93.4 Å². The van der Waals surface area contributed by atoms with E-state index in [9.17, 15) is 10.1 Å². The van der Waals surface area contributed by atoms with Gasteiger partial charge < -0.3 is 5.73 Å². The highest BCUT2D eigenvalue weighted by molar-refractivity contribution is 14.1. The highest BCUT2D eigenvalue weighted by atomic mass is 127. The molecule has 1 rings (SSSR count). The van der Waals surface area contributed by atoms with Crippen molar-refractivity contribution in [2.45, 2.75) is 0 Å². The van der Waals surface area contributed by atoms with Crippen molar-refractivity contribution in [1.82, 2.24) is 0 Å². The fraction of sp³-hybridized carbons (Fsp3) is 0. The van der Waals surface area contributed by atoms with Gasteiger partial charge in [0.15, 0.2) is 0 Å². The van der Waals surface area contributed by atoms with E-state index in [1.54, 1.807) is 6.07 Å². The summed E-state index contributed by atoms with van der Waals surface area (Å²) in [6, 6.07) is 4.53. The first-order valence-electron chi connectivity index (χ1n) is 3.25. The summed E-state index contributed by atoms with van der Waals surface area (Å²) in [5.74, 6) is 0. The zero-order valence-electron chi connectivity index (χ0n) is 6.36. The van der Waals surface area contributed by atoms with Gasteiger partial charge in [0.1, 0.15) is 4.99 Å². The van der Waals surface area contributed by atoms with E-state index in [-0.39, 0.29) is 10.7 Å². The predicted molar refractivity (Wildman–Crippen MR) is 61.7 cm³/mol. The van der Waals surface area contributed by atoms with Crippen LogP contribution in [0.2, 0.25) is 0 Å². The monoisotopic (exact) mass is 308 g/mol. The Kier molecular flexibility index (Phi) is 3.15. The van der Waals surface area contributed by atoms with Gasteiger partial charge in [0.25, 0.3) is 5.69 Å². The van der Waals surface area contributed by atoms with Gasteiger partial charge in [-0.3, -0.25) is 10.1 Å². The van der Waals surface area contributed by atoms with E-state index in [0.717, 1.165) is 3.57 Å². The van der Waals surface area contributed by atoms with Gasteiger partial charge in [-0.05, 0) is 28.7 Å². The second kappa shape index (κ2) is 3.97. The number of nitro groups is 1. The molecule has 1 aromatic carbocycles. The van der Waals surface area contributed by atoms with Gasteiger partial charge in [0.2, 0.25) is 0 Å². The lowest BCUT2D eigenvalue weighted by Crippen LogP contribution is -2.09. The van der Waals surface area contributed by atoms with Gasteiger partial charge in [-0.15, -0.1) is 0 Å². The summed E-state index contributed by atoms with van der Waals surface area (Å²) in [6.45, 7) is 0. The summed E-state index contributed by atoms with van der Waals surface area (Å²) in [5, 5.41) is 10.4. The smallest absolute Gasteiger partial charge is 0.271 e. The van der Waals surface area contributed by atoms with Crippen LogP contribution in [-0.2, 0) is 0 Å². The zero-order chi connectivity index (χ0) is 10.0. The van der Waals surface area contributed by atoms with E-state index in [4.69, 9.17) is 18.0 Å². The van der Waals surface area contributed by atoms with Gasteiger partial charge in [-0.1, -0.05) is 12.2 Å². The molecule has 0 radical (unpaired) electrons. The quantitative estimate of drug-likeness (QED) is 0.392. The number of non-ortho nitro benzene ring substituents is 1. The minimum Gasteiger partial charge on any atom is -0.389 e. The van der Waals surface area contributed by atoms with Crippen molar-refractivity contribution < 1.29 is 4.92 Å². The SMILES string of the molecule is NC(=S)c1cc(I)cc([N+](=O)[O-])c1. The molecule has 6 heteroatoms. The average Bonchev–Trinajstić information content (AvgIpc) is 2.03. The second-order valence-electron chi connectivity index (χ2n) is 2.32. The third-order valence-corrected chi connectivity index (χ3v) is 2.24. The van der Waals surface area contributed by atoms with Gasteiger partial charge >= 0.3 is 0 Å². The van der Waals surface area contributed by atoms with Gasteiger partial charge in [0, 0.05) is 21.3 Å². The fourth-order valence-electron chi connectivity index (χ4n) is 0.822. The average molecular weight is 308 g/mol. The summed E-state index contributed by atoms with van der Waals surface area (Å²) in [5.41, 5.74) is 5.89. The number of nitro benzene ring substituents is 1. The summed E-state index contributed by atoms with van der Waals surface area (Å²) in [4.78, 5) is 10.1. The maximum Gasteiger partial charge on any atom is 0.271 e. The molecule has 0 spiro atoms. The molecule has 0 amide bonds. The number of nitrogens with two attached hydrogens (primary N) is 1. The predicted octanol–water partition coefficient (Wildman–Crippen LogP) is 1.83. The molecule has 0 aromatic heterocycles. The highest BCUT2D eigenvalue weighted by Crippen LogP contribution is 2.18. The van der Waals surface area contributed by atoms with Crippen LogP contribution < -0.4 is 5.73 Å². The first-order valence-corrected chi connectivity index (χ1v) is 4.74. The van der Waals surface area contributed by atoms with Crippen LogP contribution >= 0.6 is 34.8 Å². The Morgan fingerprint density at radius 1 is 1.54 bits per heavy atom. The van der Waals surface area contributed by atoms with E-state index in [0.29, 0.717) is 5.56 Å². The van der Waals surface area contributed by atoms with Crippen LogP contribution in [-0.4, -0.2) is 9.91 Å². The van der Waals surface area contributed by atoms with Crippen LogP contribution in [0.1, 0.15) is 5.56 Å². The molecule has 0 heterocycles. The van der Waals surface area contributed by atoms with Gasteiger partial charge in [-0.2, -0.15) is 0 Å². The summed E-state index contributed by atoms with van der Waals surface area (Å²) in [7, 11) is 0. The van der Waals surface area contributed by atoms with Crippen LogP contribution in [0, 0.1) is 13.7 Å². The Morgan fingerprint density at radius 2 is 2.15 bits per heavy atom. The lowest BCUT2D eigenvalue weighted by molar-refractivity contribution is -0.384. The van der Waals surface area contributed by atoms with Crippen molar-refractivity contribution in [3.8, 4) is 0 Å². The van der Waals surface area contributed by atoms with Crippen molar-refractivity contribution in [3.05, 3.63) is 37.4 Å². The molecule has 1 aromatic rings. The van der Waals surface area contributed by atoms with E-state index in [1.807, 2.05) is 22.6 Å². The normalized spacial score (nSPS) is 9.62. The number of benzene rings is 1. The molecule has 0 unspecified atom stereocenters. The fourth-order valence-corrected chi connectivity index (χ4v) is 1.59.